The fourth-order valence-corrected chi connectivity index (χ4v) is 1.20. The van der Waals surface area contributed by atoms with Crippen LogP contribution in [0.3, 0.4) is 0 Å². The van der Waals surface area contributed by atoms with Crippen LogP contribution in [-0.2, 0) is 0 Å². The van der Waals surface area contributed by atoms with Gasteiger partial charge in [-0.1, -0.05) is 30.3 Å². The molecule has 0 aromatic heterocycles. The lowest BCUT2D eigenvalue weighted by Gasteiger charge is -2.02. The maximum atomic E-state index is 10.4. The van der Waals surface area contributed by atoms with Gasteiger partial charge in [0.1, 0.15) is 0 Å². The molecule has 3 N–H and O–H groups in total. The number of primary amides is 1. The minimum Gasteiger partial charge on any atom is -0.350 e. The van der Waals surface area contributed by atoms with E-state index in [1.54, 1.807) is 0 Å². The minimum absolute atomic E-state index is 0.435. The number of carbonyl (C=O) groups is 1. The van der Waals surface area contributed by atoms with E-state index < -0.39 is 6.03 Å². The van der Waals surface area contributed by atoms with Gasteiger partial charge in [0.2, 0.25) is 0 Å². The number of nitrogens with zero attached hydrogens (tertiary/aromatic N) is 1. The predicted molar refractivity (Wildman–Crippen MR) is 59.6 cm³/mol. The zero-order valence-electron chi connectivity index (χ0n) is 7.47. The van der Waals surface area contributed by atoms with E-state index in [-0.39, 0.29) is 0 Å². The smallest absolute Gasteiger partial charge is 0.332 e. The van der Waals surface area contributed by atoms with Gasteiger partial charge in [-0.2, -0.15) is 17.7 Å². The van der Waals surface area contributed by atoms with Gasteiger partial charge < -0.3 is 5.73 Å². The standard InChI is InChI=1S/C9H11N3OS/c10-9(13)12-11-8(6-14)7-4-2-1-3-5-7/h1-5,14H,6H2,(H3,10,12,13)/b11-8+. The van der Waals surface area contributed by atoms with E-state index in [1.807, 2.05) is 30.3 Å². The molecule has 0 saturated heterocycles. The van der Waals surface area contributed by atoms with Crippen LogP contribution in [0, 0.1) is 0 Å². The maximum Gasteiger partial charge on any atom is 0.332 e. The molecule has 74 valence electrons. The molecule has 2 amide bonds. The zero-order valence-corrected chi connectivity index (χ0v) is 8.37. The molecule has 0 unspecified atom stereocenters. The quantitative estimate of drug-likeness (QED) is 0.388. The highest BCUT2D eigenvalue weighted by atomic mass is 32.1. The Morgan fingerprint density at radius 3 is 2.57 bits per heavy atom. The van der Waals surface area contributed by atoms with Gasteiger partial charge in [-0.05, 0) is 5.56 Å². The van der Waals surface area contributed by atoms with Crippen LogP contribution in [0.5, 0.6) is 0 Å². The highest BCUT2D eigenvalue weighted by Crippen LogP contribution is 2.01. The summed E-state index contributed by atoms with van der Waals surface area (Å²) >= 11 is 4.11. The van der Waals surface area contributed by atoms with Crippen molar-refractivity contribution in [1.29, 1.82) is 0 Å². The third-order valence-electron chi connectivity index (χ3n) is 1.56. The van der Waals surface area contributed by atoms with Crippen molar-refractivity contribution in [1.82, 2.24) is 5.43 Å². The molecule has 0 aliphatic rings. The average Bonchev–Trinajstić information content (AvgIpc) is 2.20. The molecule has 0 heterocycles. The topological polar surface area (TPSA) is 67.5 Å². The lowest BCUT2D eigenvalue weighted by atomic mass is 10.1. The second kappa shape index (κ2) is 5.29. The molecule has 0 radical (unpaired) electrons. The first-order chi connectivity index (χ1) is 6.74. The van der Waals surface area contributed by atoms with Crippen LogP contribution in [0.2, 0.25) is 0 Å². The second-order valence-corrected chi connectivity index (χ2v) is 2.87. The largest absolute Gasteiger partial charge is 0.350 e. The molecule has 0 atom stereocenters. The van der Waals surface area contributed by atoms with Gasteiger partial charge in [-0.3, -0.25) is 0 Å². The van der Waals surface area contributed by atoms with Crippen molar-refractivity contribution >= 4 is 24.4 Å². The summed E-state index contributed by atoms with van der Waals surface area (Å²) in [6.45, 7) is 0. The van der Waals surface area contributed by atoms with Crippen molar-refractivity contribution in [3.63, 3.8) is 0 Å². The van der Waals surface area contributed by atoms with E-state index in [1.165, 1.54) is 0 Å². The Balaban J connectivity index is 2.82. The van der Waals surface area contributed by atoms with E-state index in [4.69, 9.17) is 5.73 Å². The molecule has 0 saturated carbocycles. The normalized spacial score (nSPS) is 11.1. The van der Waals surface area contributed by atoms with E-state index in [0.29, 0.717) is 11.5 Å². The molecule has 1 rings (SSSR count). The van der Waals surface area contributed by atoms with Crippen LogP contribution in [-0.4, -0.2) is 17.5 Å². The van der Waals surface area contributed by atoms with Crippen molar-refractivity contribution in [2.75, 3.05) is 5.75 Å². The number of nitrogens with one attached hydrogen (secondary N) is 1. The van der Waals surface area contributed by atoms with Crippen LogP contribution in [0.1, 0.15) is 5.56 Å². The molecule has 0 bridgehead atoms. The van der Waals surface area contributed by atoms with E-state index in [2.05, 4.69) is 23.2 Å². The molecule has 14 heavy (non-hydrogen) atoms. The van der Waals surface area contributed by atoms with Crippen LogP contribution < -0.4 is 11.2 Å². The Kier molecular flexibility index (Phi) is 4.00. The number of benzene rings is 1. The van der Waals surface area contributed by atoms with Crippen molar-refractivity contribution in [3.05, 3.63) is 35.9 Å². The number of hydrogen-bond donors (Lipinski definition) is 3. The van der Waals surface area contributed by atoms with Crippen LogP contribution in [0.25, 0.3) is 0 Å². The first-order valence-electron chi connectivity index (χ1n) is 4.02. The lowest BCUT2D eigenvalue weighted by Crippen LogP contribution is -2.26. The van der Waals surface area contributed by atoms with Crippen LogP contribution in [0.15, 0.2) is 35.4 Å². The third-order valence-corrected chi connectivity index (χ3v) is 1.86. The van der Waals surface area contributed by atoms with Gasteiger partial charge in [0.25, 0.3) is 0 Å². The van der Waals surface area contributed by atoms with Gasteiger partial charge in [0.05, 0.1) is 5.71 Å². The third kappa shape index (κ3) is 3.10. The first kappa shape index (κ1) is 10.6. The fourth-order valence-electron chi connectivity index (χ4n) is 0.944. The van der Waals surface area contributed by atoms with Gasteiger partial charge in [-0.25, -0.2) is 10.2 Å². The summed E-state index contributed by atoms with van der Waals surface area (Å²) in [6.07, 6.45) is 0. The summed E-state index contributed by atoms with van der Waals surface area (Å²) in [5, 5.41) is 3.83. The molecule has 4 nitrogen and oxygen atoms in total. The zero-order chi connectivity index (χ0) is 10.4. The second-order valence-electron chi connectivity index (χ2n) is 2.56. The number of hydrazone groups is 1. The number of rotatable bonds is 3. The summed E-state index contributed by atoms with van der Waals surface area (Å²) in [5.41, 5.74) is 8.65. The van der Waals surface area contributed by atoms with Crippen molar-refractivity contribution in [2.24, 2.45) is 10.8 Å². The van der Waals surface area contributed by atoms with Crippen molar-refractivity contribution < 1.29 is 4.79 Å². The summed E-state index contributed by atoms with van der Waals surface area (Å²) in [5.74, 6) is 0.435. The Bertz CT molecular complexity index is 337. The van der Waals surface area contributed by atoms with E-state index in [9.17, 15) is 4.79 Å². The number of amides is 2. The molecule has 0 aliphatic carbocycles. The lowest BCUT2D eigenvalue weighted by molar-refractivity contribution is 0.249. The SMILES string of the molecule is NC(=O)N/N=C(\CS)c1ccccc1. The van der Waals surface area contributed by atoms with Gasteiger partial charge in [0.15, 0.2) is 0 Å². The van der Waals surface area contributed by atoms with Crippen molar-refractivity contribution in [2.45, 2.75) is 0 Å². The molecule has 5 heteroatoms. The molecule has 1 aromatic carbocycles. The maximum absolute atomic E-state index is 10.4. The Morgan fingerprint density at radius 2 is 2.07 bits per heavy atom. The van der Waals surface area contributed by atoms with Crippen molar-refractivity contribution in [3.8, 4) is 0 Å². The number of nitrogens with two attached hydrogens (primary N) is 1. The predicted octanol–water partition coefficient (Wildman–Crippen LogP) is 0.989. The first-order valence-corrected chi connectivity index (χ1v) is 4.65. The fraction of sp³-hybridized carbons (Fsp3) is 0.111. The summed E-state index contributed by atoms with van der Waals surface area (Å²) in [7, 11) is 0. The summed E-state index contributed by atoms with van der Waals surface area (Å²) in [6, 6.07) is 8.77. The molecular weight excluding hydrogens is 198 g/mol. The Hall–Kier alpha value is -1.49. The average molecular weight is 209 g/mol. The molecule has 0 aliphatic heterocycles. The number of hydrogen-bond acceptors (Lipinski definition) is 3. The molecule has 0 fully saturated rings. The van der Waals surface area contributed by atoms with Crippen LogP contribution >= 0.6 is 12.6 Å². The highest BCUT2D eigenvalue weighted by molar-refractivity contribution is 7.81. The summed E-state index contributed by atoms with van der Waals surface area (Å²) < 4.78 is 0. The van der Waals surface area contributed by atoms with Gasteiger partial charge >= 0.3 is 6.03 Å². The van der Waals surface area contributed by atoms with Gasteiger partial charge in [-0.15, -0.1) is 0 Å². The monoisotopic (exact) mass is 209 g/mol. The number of urea groups is 1. The Morgan fingerprint density at radius 1 is 1.43 bits per heavy atom. The molecule has 0 spiro atoms. The molecular formula is C9H11N3OS. The van der Waals surface area contributed by atoms with E-state index >= 15 is 0 Å². The van der Waals surface area contributed by atoms with Gasteiger partial charge in [0, 0.05) is 5.75 Å². The molecule has 1 aromatic rings. The van der Waals surface area contributed by atoms with Crippen LogP contribution in [0.4, 0.5) is 4.79 Å². The Labute approximate surface area is 87.6 Å². The number of carbonyl (C=O) groups excluding carboxylic acids is 1. The number of thiol groups is 1. The van der Waals surface area contributed by atoms with E-state index in [0.717, 1.165) is 5.56 Å². The highest BCUT2D eigenvalue weighted by Gasteiger charge is 2.00. The summed E-state index contributed by atoms with van der Waals surface area (Å²) in [4.78, 5) is 10.4. The minimum atomic E-state index is -0.680.